The van der Waals surface area contributed by atoms with Gasteiger partial charge in [0.05, 0.1) is 24.8 Å². The highest BCUT2D eigenvalue weighted by atomic mass is 79.9. The van der Waals surface area contributed by atoms with E-state index in [1.807, 2.05) is 18.2 Å². The Morgan fingerprint density at radius 1 is 1.29 bits per heavy atom. The Labute approximate surface area is 135 Å². The first-order chi connectivity index (χ1) is 10.2. The summed E-state index contributed by atoms with van der Waals surface area (Å²) < 4.78 is 17.1. The second-order valence-electron chi connectivity index (χ2n) is 4.56. The van der Waals surface area contributed by atoms with Crippen molar-refractivity contribution in [3.63, 3.8) is 0 Å². The van der Waals surface area contributed by atoms with E-state index >= 15 is 0 Å². The summed E-state index contributed by atoms with van der Waals surface area (Å²) in [4.78, 5) is 0. The van der Waals surface area contributed by atoms with Crippen molar-refractivity contribution in [2.75, 3.05) is 34.0 Å². The van der Waals surface area contributed by atoms with Crippen molar-refractivity contribution < 1.29 is 14.2 Å². The molecule has 0 aliphatic rings. The maximum Gasteiger partial charge on any atom is 0.175 e. The summed E-state index contributed by atoms with van der Waals surface area (Å²) in [6, 6.07) is 4.04. The van der Waals surface area contributed by atoms with Crippen LogP contribution in [-0.4, -0.2) is 34.0 Å². The Kier molecular flexibility index (Phi) is 9.14. The van der Waals surface area contributed by atoms with Crippen molar-refractivity contribution in [2.45, 2.75) is 19.4 Å². The number of hydrogen-bond acceptors (Lipinski definition) is 4. The van der Waals surface area contributed by atoms with Crippen LogP contribution < -0.4 is 14.8 Å². The van der Waals surface area contributed by atoms with Gasteiger partial charge in [0, 0.05) is 20.2 Å². The molecule has 21 heavy (non-hydrogen) atoms. The van der Waals surface area contributed by atoms with E-state index in [1.165, 1.54) is 0 Å². The van der Waals surface area contributed by atoms with Gasteiger partial charge in [0.2, 0.25) is 0 Å². The summed E-state index contributed by atoms with van der Waals surface area (Å²) in [6.45, 7) is 6.62. The lowest BCUT2D eigenvalue weighted by atomic mass is 10.2. The Bertz CT molecular complexity index is 438. The van der Waals surface area contributed by atoms with E-state index in [4.69, 9.17) is 14.2 Å². The highest BCUT2D eigenvalue weighted by Gasteiger charge is 2.11. The zero-order valence-electron chi connectivity index (χ0n) is 12.8. The SMILES string of the molecule is C=CCCCOc1c(Br)cc(CNCCOC)cc1OC. The van der Waals surface area contributed by atoms with Crippen molar-refractivity contribution >= 4 is 15.9 Å². The molecule has 0 amide bonds. The van der Waals surface area contributed by atoms with Gasteiger partial charge in [-0.1, -0.05) is 6.08 Å². The lowest BCUT2D eigenvalue weighted by molar-refractivity contribution is 0.199. The molecule has 4 nitrogen and oxygen atoms in total. The minimum absolute atomic E-state index is 0.645. The maximum absolute atomic E-state index is 5.80. The van der Waals surface area contributed by atoms with Crippen LogP contribution in [0, 0.1) is 0 Å². The molecule has 118 valence electrons. The number of halogens is 1. The van der Waals surface area contributed by atoms with E-state index in [0.29, 0.717) is 13.2 Å². The number of hydrogen-bond donors (Lipinski definition) is 1. The molecule has 0 bridgehead atoms. The molecule has 0 radical (unpaired) electrons. The van der Waals surface area contributed by atoms with Gasteiger partial charge in [-0.15, -0.1) is 6.58 Å². The molecule has 0 saturated heterocycles. The van der Waals surface area contributed by atoms with Gasteiger partial charge in [-0.05, 0) is 46.5 Å². The van der Waals surface area contributed by atoms with Crippen LogP contribution in [0.4, 0.5) is 0 Å². The van der Waals surface area contributed by atoms with E-state index < -0.39 is 0 Å². The Hall–Kier alpha value is -1.04. The molecule has 0 saturated carbocycles. The van der Waals surface area contributed by atoms with E-state index in [2.05, 4.69) is 27.8 Å². The predicted octanol–water partition coefficient (Wildman–Crippen LogP) is 3.54. The maximum atomic E-state index is 5.80. The van der Waals surface area contributed by atoms with Crippen LogP contribution >= 0.6 is 15.9 Å². The van der Waals surface area contributed by atoms with Crippen LogP contribution in [0.25, 0.3) is 0 Å². The van der Waals surface area contributed by atoms with Gasteiger partial charge in [-0.25, -0.2) is 0 Å². The number of methoxy groups -OCH3 is 2. The highest BCUT2D eigenvalue weighted by Crippen LogP contribution is 2.36. The average Bonchev–Trinajstić information content (AvgIpc) is 2.49. The number of ether oxygens (including phenoxy) is 3. The second-order valence-corrected chi connectivity index (χ2v) is 5.41. The van der Waals surface area contributed by atoms with Gasteiger partial charge in [-0.2, -0.15) is 0 Å². The number of unbranched alkanes of at least 4 members (excludes halogenated alkanes) is 1. The van der Waals surface area contributed by atoms with Crippen LogP contribution in [0.15, 0.2) is 29.3 Å². The topological polar surface area (TPSA) is 39.7 Å². The van der Waals surface area contributed by atoms with Crippen molar-refractivity contribution in [1.29, 1.82) is 0 Å². The van der Waals surface area contributed by atoms with Crippen LogP contribution in [0.2, 0.25) is 0 Å². The zero-order valence-corrected chi connectivity index (χ0v) is 14.4. The Balaban J connectivity index is 2.65. The first-order valence-corrected chi connectivity index (χ1v) is 7.82. The molecule has 5 heteroatoms. The van der Waals surface area contributed by atoms with E-state index in [-0.39, 0.29) is 0 Å². The van der Waals surface area contributed by atoms with Crippen LogP contribution in [-0.2, 0) is 11.3 Å². The average molecular weight is 358 g/mol. The lowest BCUT2D eigenvalue weighted by Gasteiger charge is -2.14. The molecular weight excluding hydrogens is 334 g/mol. The third-order valence-electron chi connectivity index (χ3n) is 2.90. The minimum Gasteiger partial charge on any atom is -0.493 e. The summed E-state index contributed by atoms with van der Waals surface area (Å²) in [5, 5.41) is 3.31. The molecule has 0 spiro atoms. The fourth-order valence-corrected chi connectivity index (χ4v) is 2.43. The predicted molar refractivity (Wildman–Crippen MR) is 89.2 cm³/mol. The van der Waals surface area contributed by atoms with Gasteiger partial charge in [0.25, 0.3) is 0 Å². The molecule has 0 aliphatic heterocycles. The molecule has 0 fully saturated rings. The van der Waals surface area contributed by atoms with E-state index in [9.17, 15) is 0 Å². The Morgan fingerprint density at radius 2 is 2.10 bits per heavy atom. The molecular formula is C16H24BrNO3. The third-order valence-corrected chi connectivity index (χ3v) is 3.49. The van der Waals surface area contributed by atoms with Gasteiger partial charge in [0.15, 0.2) is 11.5 Å². The van der Waals surface area contributed by atoms with Gasteiger partial charge >= 0.3 is 0 Å². The van der Waals surface area contributed by atoms with E-state index in [1.54, 1.807) is 14.2 Å². The number of rotatable bonds is 11. The number of benzene rings is 1. The quantitative estimate of drug-likeness (QED) is 0.485. The summed E-state index contributed by atoms with van der Waals surface area (Å²) in [5.41, 5.74) is 1.13. The summed E-state index contributed by atoms with van der Waals surface area (Å²) in [6.07, 6.45) is 3.78. The highest BCUT2D eigenvalue weighted by molar-refractivity contribution is 9.10. The zero-order chi connectivity index (χ0) is 15.5. The summed E-state index contributed by atoms with van der Waals surface area (Å²) in [5.74, 6) is 1.49. The minimum atomic E-state index is 0.645. The Morgan fingerprint density at radius 3 is 2.76 bits per heavy atom. The molecule has 0 aromatic heterocycles. The first kappa shape index (κ1) is 18.0. The van der Waals surface area contributed by atoms with Crippen LogP contribution in [0.3, 0.4) is 0 Å². The van der Waals surface area contributed by atoms with Gasteiger partial charge in [0.1, 0.15) is 0 Å². The number of nitrogens with one attached hydrogen (secondary N) is 1. The van der Waals surface area contributed by atoms with Crippen molar-refractivity contribution in [3.8, 4) is 11.5 Å². The standard InChI is InChI=1S/C16H24BrNO3/c1-4-5-6-8-21-16-14(17)10-13(11-15(16)20-3)12-18-7-9-19-2/h4,10-11,18H,1,5-9,12H2,2-3H3. The van der Waals surface area contributed by atoms with Crippen molar-refractivity contribution in [1.82, 2.24) is 5.32 Å². The molecule has 1 N–H and O–H groups in total. The molecule has 0 heterocycles. The van der Waals surface area contributed by atoms with E-state index in [0.717, 1.165) is 47.5 Å². The fraction of sp³-hybridized carbons (Fsp3) is 0.500. The normalized spacial score (nSPS) is 10.4. The lowest BCUT2D eigenvalue weighted by Crippen LogP contribution is -2.18. The van der Waals surface area contributed by atoms with Crippen molar-refractivity contribution in [3.05, 3.63) is 34.8 Å². The fourth-order valence-electron chi connectivity index (χ4n) is 1.82. The van der Waals surface area contributed by atoms with Crippen molar-refractivity contribution in [2.24, 2.45) is 0 Å². The monoisotopic (exact) mass is 357 g/mol. The van der Waals surface area contributed by atoms with Gasteiger partial charge in [-0.3, -0.25) is 0 Å². The third kappa shape index (κ3) is 6.50. The largest absolute Gasteiger partial charge is 0.493 e. The van der Waals surface area contributed by atoms with Crippen LogP contribution in [0.5, 0.6) is 11.5 Å². The molecule has 1 aromatic carbocycles. The summed E-state index contributed by atoms with van der Waals surface area (Å²) >= 11 is 3.55. The number of allylic oxidation sites excluding steroid dienone is 1. The smallest absolute Gasteiger partial charge is 0.175 e. The second kappa shape index (κ2) is 10.7. The van der Waals surface area contributed by atoms with Gasteiger partial charge < -0.3 is 19.5 Å². The summed E-state index contributed by atoms with van der Waals surface area (Å²) in [7, 11) is 3.35. The molecule has 0 atom stereocenters. The molecule has 1 rings (SSSR count). The molecule has 1 aromatic rings. The molecule has 0 aliphatic carbocycles. The first-order valence-electron chi connectivity index (χ1n) is 7.02. The molecule has 0 unspecified atom stereocenters. The van der Waals surface area contributed by atoms with Crippen LogP contribution in [0.1, 0.15) is 18.4 Å².